The molecule has 134 valence electrons. The van der Waals surface area contributed by atoms with E-state index in [0.717, 1.165) is 11.1 Å². The zero-order valence-corrected chi connectivity index (χ0v) is 15.9. The van der Waals surface area contributed by atoms with E-state index in [2.05, 4.69) is 14.9 Å². The minimum atomic E-state index is -0.485. The molecule has 1 aliphatic heterocycles. The van der Waals surface area contributed by atoms with Crippen molar-refractivity contribution in [3.8, 4) is 0 Å². The number of halogens is 2. The molecule has 0 radical (unpaired) electrons. The zero-order chi connectivity index (χ0) is 18.2. The second kappa shape index (κ2) is 6.84. The lowest BCUT2D eigenvalue weighted by atomic mass is 10.2. The molecule has 3 heterocycles. The Kier molecular flexibility index (Phi) is 4.93. The highest BCUT2D eigenvalue weighted by molar-refractivity contribution is 6.37. The van der Waals surface area contributed by atoms with Crippen LogP contribution < -0.4 is 4.90 Å². The molecule has 2 aromatic rings. The fourth-order valence-corrected chi connectivity index (χ4v) is 3.16. The number of aromatic nitrogens is 2. The number of anilines is 1. The van der Waals surface area contributed by atoms with E-state index in [1.165, 1.54) is 0 Å². The highest BCUT2D eigenvalue weighted by Crippen LogP contribution is 2.28. The summed E-state index contributed by atoms with van der Waals surface area (Å²) in [6.07, 6.45) is 1.48. The smallest absolute Gasteiger partial charge is 0.410 e. The van der Waals surface area contributed by atoms with Gasteiger partial charge in [-0.05, 0) is 32.9 Å². The molecule has 0 unspecified atom stereocenters. The maximum absolute atomic E-state index is 12.1. The van der Waals surface area contributed by atoms with E-state index >= 15 is 0 Å². The topological polar surface area (TPSA) is 58.6 Å². The van der Waals surface area contributed by atoms with Crippen LogP contribution in [0.1, 0.15) is 20.8 Å². The van der Waals surface area contributed by atoms with Crippen molar-refractivity contribution in [2.75, 3.05) is 31.1 Å². The van der Waals surface area contributed by atoms with E-state index in [1.54, 1.807) is 17.2 Å². The van der Waals surface area contributed by atoms with Crippen LogP contribution in [0.4, 0.5) is 10.5 Å². The second-order valence-electron chi connectivity index (χ2n) is 6.95. The van der Waals surface area contributed by atoms with Crippen molar-refractivity contribution >= 4 is 46.0 Å². The van der Waals surface area contributed by atoms with E-state index in [1.807, 2.05) is 26.8 Å². The van der Waals surface area contributed by atoms with Gasteiger partial charge in [-0.3, -0.25) is 0 Å². The van der Waals surface area contributed by atoms with Gasteiger partial charge in [0.2, 0.25) is 0 Å². The van der Waals surface area contributed by atoms with Crippen molar-refractivity contribution in [1.29, 1.82) is 0 Å². The summed E-state index contributed by atoms with van der Waals surface area (Å²) in [5.41, 5.74) is 0.984. The Hall–Kier alpha value is -1.79. The van der Waals surface area contributed by atoms with Crippen molar-refractivity contribution in [3.05, 3.63) is 28.5 Å². The molecule has 0 saturated carbocycles. The quantitative estimate of drug-likeness (QED) is 0.697. The highest BCUT2D eigenvalue weighted by atomic mass is 35.5. The van der Waals surface area contributed by atoms with E-state index in [0.29, 0.717) is 42.0 Å². The van der Waals surface area contributed by atoms with Crippen molar-refractivity contribution in [2.24, 2.45) is 0 Å². The fraction of sp³-hybridized carbons (Fsp3) is 0.471. The third-order valence-electron chi connectivity index (χ3n) is 3.86. The van der Waals surface area contributed by atoms with Crippen LogP contribution in [0.3, 0.4) is 0 Å². The van der Waals surface area contributed by atoms with Gasteiger partial charge in [-0.1, -0.05) is 23.2 Å². The first-order valence-corrected chi connectivity index (χ1v) is 8.83. The van der Waals surface area contributed by atoms with Gasteiger partial charge in [-0.25, -0.2) is 14.8 Å². The Morgan fingerprint density at radius 2 is 1.84 bits per heavy atom. The summed E-state index contributed by atoms with van der Waals surface area (Å²) in [7, 11) is 0. The number of nitrogens with zero attached hydrogens (tertiary/aromatic N) is 4. The van der Waals surface area contributed by atoms with Crippen molar-refractivity contribution in [2.45, 2.75) is 26.4 Å². The average molecular weight is 383 g/mol. The van der Waals surface area contributed by atoms with Crippen molar-refractivity contribution in [1.82, 2.24) is 14.9 Å². The summed E-state index contributed by atoms with van der Waals surface area (Å²) in [6, 6.07) is 3.56. The molecule has 1 aliphatic rings. The zero-order valence-electron chi connectivity index (χ0n) is 14.4. The fourth-order valence-electron chi connectivity index (χ4n) is 2.67. The maximum atomic E-state index is 12.1. The number of piperazine rings is 1. The number of pyridine rings is 2. The van der Waals surface area contributed by atoms with E-state index in [-0.39, 0.29) is 6.09 Å². The number of carbonyl (C=O) groups is 1. The first kappa shape index (κ1) is 18.0. The van der Waals surface area contributed by atoms with Crippen LogP contribution in [0, 0.1) is 0 Å². The van der Waals surface area contributed by atoms with Crippen molar-refractivity contribution < 1.29 is 9.53 Å². The van der Waals surface area contributed by atoms with Gasteiger partial charge in [0.1, 0.15) is 10.8 Å². The summed E-state index contributed by atoms with van der Waals surface area (Å²) >= 11 is 12.2. The number of hydrogen-bond acceptors (Lipinski definition) is 5. The maximum Gasteiger partial charge on any atom is 0.410 e. The first-order chi connectivity index (χ1) is 11.7. The van der Waals surface area contributed by atoms with Crippen LogP contribution in [-0.2, 0) is 4.74 Å². The Bertz CT molecular complexity index is 799. The Labute approximate surface area is 156 Å². The molecule has 0 N–H and O–H groups in total. The predicted molar refractivity (Wildman–Crippen MR) is 99.6 cm³/mol. The van der Waals surface area contributed by atoms with E-state index in [9.17, 15) is 4.79 Å². The van der Waals surface area contributed by atoms with Crippen LogP contribution in [0.15, 0.2) is 18.3 Å². The summed E-state index contributed by atoms with van der Waals surface area (Å²) < 4.78 is 5.42. The van der Waals surface area contributed by atoms with Crippen LogP contribution >= 0.6 is 23.2 Å². The third-order valence-corrected chi connectivity index (χ3v) is 4.37. The molecule has 0 atom stereocenters. The lowest BCUT2D eigenvalue weighted by Gasteiger charge is -2.36. The summed E-state index contributed by atoms with van der Waals surface area (Å²) in [5.74, 6) is 0. The first-order valence-electron chi connectivity index (χ1n) is 8.07. The predicted octanol–water partition coefficient (Wildman–Crippen LogP) is 3.99. The molecule has 0 bridgehead atoms. The van der Waals surface area contributed by atoms with Crippen LogP contribution in [-0.4, -0.2) is 52.7 Å². The molecule has 1 amide bonds. The van der Waals surface area contributed by atoms with Gasteiger partial charge >= 0.3 is 6.09 Å². The Morgan fingerprint density at radius 1 is 1.16 bits per heavy atom. The molecule has 8 heteroatoms. The molecule has 3 rings (SSSR count). The van der Waals surface area contributed by atoms with E-state index in [4.69, 9.17) is 27.9 Å². The van der Waals surface area contributed by atoms with Gasteiger partial charge in [0.15, 0.2) is 5.65 Å². The van der Waals surface area contributed by atoms with Gasteiger partial charge in [0.25, 0.3) is 0 Å². The minimum absolute atomic E-state index is 0.273. The molecule has 6 nitrogen and oxygen atoms in total. The summed E-state index contributed by atoms with van der Waals surface area (Å²) in [5, 5.41) is 1.61. The van der Waals surface area contributed by atoms with Crippen molar-refractivity contribution in [3.63, 3.8) is 0 Å². The lowest BCUT2D eigenvalue weighted by Crippen LogP contribution is -2.50. The second-order valence-corrected chi connectivity index (χ2v) is 7.74. The standard InChI is InChI=1S/C17H20Cl2N4O2/c1-17(2,3)25-16(24)23-6-4-22(5-7-23)11-8-12-13(18)9-14(19)21-15(12)20-10-11/h8-10H,4-7H2,1-3H3. The number of amides is 1. The number of rotatable bonds is 1. The van der Waals surface area contributed by atoms with Gasteiger partial charge in [-0.2, -0.15) is 0 Å². The van der Waals surface area contributed by atoms with Crippen LogP contribution in [0.5, 0.6) is 0 Å². The van der Waals surface area contributed by atoms with Gasteiger partial charge in [0.05, 0.1) is 16.9 Å². The highest BCUT2D eigenvalue weighted by Gasteiger charge is 2.26. The molecule has 25 heavy (non-hydrogen) atoms. The SMILES string of the molecule is CC(C)(C)OC(=O)N1CCN(c2cnc3nc(Cl)cc(Cl)c3c2)CC1. The molecule has 0 aromatic carbocycles. The van der Waals surface area contributed by atoms with Gasteiger partial charge in [-0.15, -0.1) is 0 Å². The Morgan fingerprint density at radius 3 is 2.48 bits per heavy atom. The molecule has 1 fully saturated rings. The number of carbonyl (C=O) groups excluding carboxylic acids is 1. The van der Waals surface area contributed by atoms with Gasteiger partial charge in [0, 0.05) is 31.6 Å². The normalized spacial score (nSPS) is 15.6. The third kappa shape index (κ3) is 4.25. The molecule has 2 aromatic heterocycles. The van der Waals surface area contributed by atoms with Gasteiger partial charge < -0.3 is 14.5 Å². The molecular weight excluding hydrogens is 363 g/mol. The average Bonchev–Trinajstić information content (AvgIpc) is 2.53. The lowest BCUT2D eigenvalue weighted by molar-refractivity contribution is 0.0240. The summed E-state index contributed by atoms with van der Waals surface area (Å²) in [4.78, 5) is 24.6. The number of hydrogen-bond donors (Lipinski definition) is 0. The molecule has 0 spiro atoms. The molecule has 1 saturated heterocycles. The van der Waals surface area contributed by atoms with E-state index < -0.39 is 5.60 Å². The monoisotopic (exact) mass is 382 g/mol. The molecule has 0 aliphatic carbocycles. The largest absolute Gasteiger partial charge is 0.444 e. The Balaban J connectivity index is 1.71. The minimum Gasteiger partial charge on any atom is -0.444 e. The summed E-state index contributed by atoms with van der Waals surface area (Å²) in [6.45, 7) is 8.19. The van der Waals surface area contributed by atoms with Crippen LogP contribution in [0.2, 0.25) is 10.2 Å². The van der Waals surface area contributed by atoms with Crippen LogP contribution in [0.25, 0.3) is 11.0 Å². The molecular formula is C17H20Cl2N4O2. The number of fused-ring (bicyclic) bond motifs is 1. The number of ether oxygens (including phenoxy) is 1.